The Morgan fingerprint density at radius 3 is 2.38 bits per heavy atom. The summed E-state index contributed by atoms with van der Waals surface area (Å²) in [6, 6.07) is 0. The molecule has 0 radical (unpaired) electrons. The van der Waals surface area contributed by atoms with Crippen LogP contribution in [-0.2, 0) is 14.6 Å². The van der Waals surface area contributed by atoms with Crippen molar-refractivity contribution in [1.29, 1.82) is 0 Å². The quantitative estimate of drug-likeness (QED) is 0.706. The number of rotatable bonds is 7. The Morgan fingerprint density at radius 2 is 1.79 bits per heavy atom. The van der Waals surface area contributed by atoms with Crippen LogP contribution in [0.3, 0.4) is 0 Å². The van der Waals surface area contributed by atoms with Crippen molar-refractivity contribution in [3.63, 3.8) is 0 Å². The van der Waals surface area contributed by atoms with Gasteiger partial charge in [-0.05, 0) is 38.6 Å². The maximum Gasteiger partial charge on any atom is 0.241 e. The Kier molecular flexibility index (Phi) is 7.39. The first-order chi connectivity index (χ1) is 13.7. The van der Waals surface area contributed by atoms with Crippen LogP contribution in [0.2, 0.25) is 0 Å². The molecule has 3 atom stereocenters. The summed E-state index contributed by atoms with van der Waals surface area (Å²) in [6.45, 7) is 2.95. The first-order valence-electron chi connectivity index (χ1n) is 10.1. The number of alkyl halides is 2. The Balaban J connectivity index is 1.48. The smallest absolute Gasteiger partial charge is 0.241 e. The molecule has 29 heavy (non-hydrogen) atoms. The van der Waals surface area contributed by atoms with Crippen LogP contribution in [0.1, 0.15) is 39.0 Å². The van der Waals surface area contributed by atoms with Crippen LogP contribution in [0.25, 0.3) is 0 Å². The van der Waals surface area contributed by atoms with E-state index in [0.717, 1.165) is 44.9 Å². The molecule has 3 rings (SSSR count). The van der Waals surface area contributed by atoms with E-state index in [-0.39, 0.29) is 29.3 Å². The van der Waals surface area contributed by atoms with E-state index in [2.05, 4.69) is 15.3 Å². The molecule has 1 aliphatic heterocycles. The van der Waals surface area contributed by atoms with E-state index < -0.39 is 22.2 Å². The van der Waals surface area contributed by atoms with E-state index in [9.17, 15) is 17.2 Å². The van der Waals surface area contributed by atoms with E-state index in [4.69, 9.17) is 9.47 Å². The zero-order valence-corrected chi connectivity index (χ0v) is 17.6. The summed E-state index contributed by atoms with van der Waals surface area (Å²) in [4.78, 5) is 7.90. The molecule has 1 aromatic rings. The van der Waals surface area contributed by atoms with Crippen LogP contribution in [0.5, 0.6) is 5.88 Å². The van der Waals surface area contributed by atoms with Crippen LogP contribution in [0.4, 0.5) is 8.78 Å². The normalized spacial score (nSPS) is 29.6. The number of hydrogen-bond acceptors (Lipinski definition) is 7. The lowest BCUT2D eigenvalue weighted by atomic mass is 9.84. The maximum absolute atomic E-state index is 13.2. The number of ether oxygens (including phenoxy) is 2. The number of hydrogen-bond donors (Lipinski definition) is 1. The summed E-state index contributed by atoms with van der Waals surface area (Å²) in [5.74, 6) is -0.576. The Labute approximate surface area is 170 Å². The number of nitrogens with one attached hydrogen (secondary N) is 1. The second-order valence-electron chi connectivity index (χ2n) is 8.01. The average molecular weight is 434 g/mol. The third-order valence-corrected chi connectivity index (χ3v) is 6.77. The SMILES string of the molecule is CC(C(F)F)C1CNCCC1OC1CCC(Oc2cnc(S(C)(=O)=O)cn2)CC1. The molecule has 1 saturated heterocycles. The van der Waals surface area contributed by atoms with Gasteiger partial charge in [-0.2, -0.15) is 0 Å². The molecule has 0 bridgehead atoms. The van der Waals surface area contributed by atoms with Gasteiger partial charge in [-0.25, -0.2) is 27.2 Å². The van der Waals surface area contributed by atoms with Crippen LogP contribution >= 0.6 is 0 Å². The maximum atomic E-state index is 13.2. The molecule has 1 aliphatic carbocycles. The molecule has 7 nitrogen and oxygen atoms in total. The van der Waals surface area contributed by atoms with Crippen LogP contribution in [0, 0.1) is 11.8 Å². The van der Waals surface area contributed by atoms with Crippen molar-refractivity contribution < 1.29 is 26.7 Å². The number of piperidine rings is 1. The lowest BCUT2D eigenvalue weighted by molar-refractivity contribution is -0.102. The van der Waals surface area contributed by atoms with Crippen LogP contribution < -0.4 is 10.1 Å². The highest BCUT2D eigenvalue weighted by Gasteiger charge is 2.36. The van der Waals surface area contributed by atoms with E-state index in [1.54, 1.807) is 6.92 Å². The van der Waals surface area contributed by atoms with Gasteiger partial charge in [0.15, 0.2) is 14.9 Å². The molecule has 0 amide bonds. The number of nitrogens with zero attached hydrogens (tertiary/aromatic N) is 2. The molecule has 2 aliphatic rings. The molecule has 10 heteroatoms. The predicted molar refractivity (Wildman–Crippen MR) is 103 cm³/mol. The van der Waals surface area contributed by atoms with Crippen molar-refractivity contribution in [3.8, 4) is 5.88 Å². The molecule has 1 aromatic heterocycles. The summed E-state index contributed by atoms with van der Waals surface area (Å²) >= 11 is 0. The highest BCUT2D eigenvalue weighted by atomic mass is 32.2. The Hall–Kier alpha value is -1.39. The van der Waals surface area contributed by atoms with E-state index >= 15 is 0 Å². The van der Waals surface area contributed by atoms with Gasteiger partial charge in [0.05, 0.1) is 24.6 Å². The summed E-state index contributed by atoms with van der Waals surface area (Å²) in [7, 11) is -3.39. The third kappa shape index (κ3) is 6.05. The van der Waals surface area contributed by atoms with E-state index in [0.29, 0.717) is 12.4 Å². The predicted octanol–water partition coefficient (Wildman–Crippen LogP) is 2.47. The van der Waals surface area contributed by atoms with E-state index in [1.807, 2.05) is 0 Å². The standard InChI is InChI=1S/C19H29F2N3O4S/c1-12(19(20)21)15-9-22-8-7-16(15)27-13-3-5-14(6-4-13)28-17-10-24-18(11-23-17)29(2,25)26/h10-16,19,22H,3-9H2,1-2H3. The minimum Gasteiger partial charge on any atom is -0.473 e. The monoisotopic (exact) mass is 433 g/mol. The number of halogens is 2. The minimum absolute atomic E-state index is 0.0444. The fourth-order valence-electron chi connectivity index (χ4n) is 4.00. The molecule has 0 aromatic carbocycles. The highest BCUT2D eigenvalue weighted by molar-refractivity contribution is 7.90. The van der Waals surface area contributed by atoms with Crippen molar-refractivity contribution in [2.24, 2.45) is 11.8 Å². The van der Waals surface area contributed by atoms with Crippen LogP contribution in [0.15, 0.2) is 17.4 Å². The average Bonchev–Trinajstić information content (AvgIpc) is 2.69. The number of sulfone groups is 1. The summed E-state index contributed by atoms with van der Waals surface area (Å²) < 4.78 is 61.3. The van der Waals surface area contributed by atoms with Gasteiger partial charge in [0, 0.05) is 24.6 Å². The van der Waals surface area contributed by atoms with E-state index in [1.165, 1.54) is 12.4 Å². The molecule has 1 saturated carbocycles. The minimum atomic E-state index is -3.39. The van der Waals surface area contributed by atoms with Gasteiger partial charge in [0.25, 0.3) is 0 Å². The molecule has 3 unspecified atom stereocenters. The van der Waals surface area contributed by atoms with Gasteiger partial charge in [-0.1, -0.05) is 6.92 Å². The highest BCUT2D eigenvalue weighted by Crippen LogP contribution is 2.32. The van der Waals surface area contributed by atoms with Crippen molar-refractivity contribution in [3.05, 3.63) is 12.4 Å². The molecule has 2 heterocycles. The molecular formula is C19H29F2N3O4S. The van der Waals surface area contributed by atoms with Gasteiger partial charge < -0.3 is 14.8 Å². The fourth-order valence-corrected chi connectivity index (χ4v) is 4.49. The summed E-state index contributed by atoms with van der Waals surface area (Å²) in [5, 5.41) is 3.11. The lowest BCUT2D eigenvalue weighted by Crippen LogP contribution is -2.47. The van der Waals surface area contributed by atoms with Gasteiger partial charge in [-0.15, -0.1) is 0 Å². The van der Waals surface area contributed by atoms with Crippen molar-refractivity contribution >= 4 is 9.84 Å². The molecular weight excluding hydrogens is 404 g/mol. The van der Waals surface area contributed by atoms with Gasteiger partial charge in [-0.3, -0.25) is 0 Å². The first-order valence-corrected chi connectivity index (χ1v) is 12.0. The topological polar surface area (TPSA) is 90.4 Å². The van der Waals surface area contributed by atoms with Gasteiger partial charge in [0.1, 0.15) is 6.10 Å². The molecule has 164 valence electrons. The first kappa shape index (κ1) is 22.3. The molecule has 0 spiro atoms. The summed E-state index contributed by atoms with van der Waals surface area (Å²) in [6.07, 6.45) is 4.97. The van der Waals surface area contributed by atoms with Gasteiger partial charge >= 0.3 is 0 Å². The zero-order valence-electron chi connectivity index (χ0n) is 16.8. The second kappa shape index (κ2) is 9.61. The largest absolute Gasteiger partial charge is 0.473 e. The Bertz CT molecular complexity index is 755. The molecule has 1 N–H and O–H groups in total. The van der Waals surface area contributed by atoms with Gasteiger partial charge in [0.2, 0.25) is 12.3 Å². The van der Waals surface area contributed by atoms with Crippen molar-refractivity contribution in [1.82, 2.24) is 15.3 Å². The molecule has 2 fully saturated rings. The third-order valence-electron chi connectivity index (χ3n) is 5.80. The second-order valence-corrected chi connectivity index (χ2v) is 9.97. The van der Waals surface area contributed by atoms with Crippen LogP contribution in [-0.4, -0.2) is 62.5 Å². The van der Waals surface area contributed by atoms with Crippen molar-refractivity contribution in [2.75, 3.05) is 19.3 Å². The Morgan fingerprint density at radius 1 is 1.10 bits per heavy atom. The zero-order chi connectivity index (χ0) is 21.0. The number of aromatic nitrogens is 2. The summed E-state index contributed by atoms with van der Waals surface area (Å²) in [5.41, 5.74) is 0. The van der Waals surface area contributed by atoms with Crippen molar-refractivity contribution in [2.45, 2.75) is 68.8 Å². The fraction of sp³-hybridized carbons (Fsp3) is 0.789. The lowest BCUT2D eigenvalue weighted by Gasteiger charge is -2.39.